The summed E-state index contributed by atoms with van der Waals surface area (Å²) in [5, 5.41) is 0.718. The average molecular weight is 319 g/mol. The number of imidazole rings is 1. The summed E-state index contributed by atoms with van der Waals surface area (Å²) in [7, 11) is 0. The molecule has 0 atom stereocenters. The molecule has 0 unspecified atom stereocenters. The fraction of sp³-hybridized carbons (Fsp3) is 0.235. The van der Waals surface area contributed by atoms with Crippen molar-refractivity contribution in [3.8, 4) is 0 Å². The highest BCUT2D eigenvalue weighted by Crippen LogP contribution is 2.22. The molecule has 1 heterocycles. The molecule has 0 N–H and O–H groups in total. The molecule has 0 saturated heterocycles. The number of hydrogen-bond donors (Lipinski definition) is 0. The summed E-state index contributed by atoms with van der Waals surface area (Å²) in [5.74, 6) is 1.71. The molecule has 3 rings (SSSR count). The minimum atomic E-state index is 0.651. The number of rotatable bonds is 5. The maximum absolute atomic E-state index is 6.07. The Labute approximate surface area is 134 Å². The number of hydrogen-bond acceptors (Lipinski definition) is 1. The minimum absolute atomic E-state index is 0.651. The van der Waals surface area contributed by atoms with Gasteiger partial charge < -0.3 is 4.57 Å². The first-order chi connectivity index (χ1) is 10.3. The van der Waals surface area contributed by atoms with Gasteiger partial charge in [0.05, 0.1) is 11.0 Å². The third-order valence-electron chi connectivity index (χ3n) is 3.51. The second kappa shape index (κ2) is 6.50. The van der Waals surface area contributed by atoms with Gasteiger partial charge >= 0.3 is 0 Å². The van der Waals surface area contributed by atoms with Gasteiger partial charge in [0.15, 0.2) is 0 Å². The lowest BCUT2D eigenvalue weighted by atomic mass is 10.1. The van der Waals surface area contributed by atoms with E-state index in [0.717, 1.165) is 41.3 Å². The Hall–Kier alpha value is -1.51. The van der Waals surface area contributed by atoms with Crippen LogP contribution in [0.5, 0.6) is 0 Å². The highest BCUT2D eigenvalue weighted by molar-refractivity contribution is 6.31. The third-order valence-corrected chi connectivity index (χ3v) is 4.01. The van der Waals surface area contributed by atoms with Crippen molar-refractivity contribution in [2.75, 3.05) is 5.88 Å². The van der Waals surface area contributed by atoms with Crippen molar-refractivity contribution in [3.63, 3.8) is 0 Å². The molecule has 0 saturated carbocycles. The van der Waals surface area contributed by atoms with Crippen LogP contribution in [0.15, 0.2) is 48.5 Å². The quantitative estimate of drug-likeness (QED) is 0.611. The van der Waals surface area contributed by atoms with Crippen LogP contribution in [-0.2, 0) is 13.0 Å². The van der Waals surface area contributed by atoms with Crippen molar-refractivity contribution < 1.29 is 0 Å². The van der Waals surface area contributed by atoms with Crippen molar-refractivity contribution in [2.24, 2.45) is 0 Å². The van der Waals surface area contributed by atoms with Crippen LogP contribution in [0.4, 0.5) is 0 Å². The van der Waals surface area contributed by atoms with E-state index in [1.807, 2.05) is 24.3 Å². The Bertz CT molecular complexity index is 735. The SMILES string of the molecule is ClCCCn1c(Cc2ccccc2)nc2cc(Cl)ccc21. The molecule has 3 aromatic rings. The maximum Gasteiger partial charge on any atom is 0.114 e. The van der Waals surface area contributed by atoms with Crippen LogP contribution < -0.4 is 0 Å². The van der Waals surface area contributed by atoms with E-state index in [1.54, 1.807) is 0 Å². The summed E-state index contributed by atoms with van der Waals surface area (Å²) in [6.07, 6.45) is 1.74. The van der Waals surface area contributed by atoms with Crippen molar-refractivity contribution in [3.05, 3.63) is 64.9 Å². The predicted octanol–water partition coefficient (Wildman–Crippen LogP) is 4.91. The zero-order valence-electron chi connectivity index (χ0n) is 11.6. The monoisotopic (exact) mass is 318 g/mol. The van der Waals surface area contributed by atoms with Gasteiger partial charge in [0.25, 0.3) is 0 Å². The summed E-state index contributed by atoms with van der Waals surface area (Å²) < 4.78 is 2.25. The van der Waals surface area contributed by atoms with Crippen molar-refractivity contribution in [2.45, 2.75) is 19.4 Å². The van der Waals surface area contributed by atoms with E-state index < -0.39 is 0 Å². The molecular formula is C17H16Cl2N2. The standard InChI is InChI=1S/C17H16Cl2N2/c18-9-4-10-21-16-8-7-14(19)12-15(16)20-17(21)11-13-5-2-1-3-6-13/h1-3,5-8,12H,4,9-11H2. The zero-order chi connectivity index (χ0) is 14.7. The summed E-state index contributed by atoms with van der Waals surface area (Å²) in [6, 6.07) is 16.2. The van der Waals surface area contributed by atoms with Crippen molar-refractivity contribution in [1.82, 2.24) is 9.55 Å². The highest BCUT2D eigenvalue weighted by atomic mass is 35.5. The molecule has 21 heavy (non-hydrogen) atoms. The van der Waals surface area contributed by atoms with Crippen LogP contribution in [-0.4, -0.2) is 15.4 Å². The first-order valence-electron chi connectivity index (χ1n) is 7.02. The summed E-state index contributed by atoms with van der Waals surface area (Å²) in [6.45, 7) is 0.879. The Morgan fingerprint density at radius 1 is 1.05 bits per heavy atom. The van der Waals surface area contributed by atoms with Gasteiger partial charge in [-0.1, -0.05) is 41.9 Å². The summed E-state index contributed by atoms with van der Waals surface area (Å²) in [4.78, 5) is 4.76. The van der Waals surface area contributed by atoms with Crippen LogP contribution in [0.2, 0.25) is 5.02 Å². The zero-order valence-corrected chi connectivity index (χ0v) is 13.1. The average Bonchev–Trinajstić information content (AvgIpc) is 2.82. The molecule has 2 aromatic carbocycles. The van der Waals surface area contributed by atoms with E-state index in [0.29, 0.717) is 5.88 Å². The molecule has 0 spiro atoms. The molecule has 108 valence electrons. The van der Waals surface area contributed by atoms with E-state index in [1.165, 1.54) is 5.56 Å². The van der Waals surface area contributed by atoms with Gasteiger partial charge in [0.1, 0.15) is 5.82 Å². The number of benzene rings is 2. The van der Waals surface area contributed by atoms with Crippen LogP contribution >= 0.6 is 23.2 Å². The van der Waals surface area contributed by atoms with E-state index in [2.05, 4.69) is 28.8 Å². The molecule has 4 heteroatoms. The number of fused-ring (bicyclic) bond motifs is 1. The van der Waals surface area contributed by atoms with Gasteiger partial charge in [0.2, 0.25) is 0 Å². The van der Waals surface area contributed by atoms with Crippen LogP contribution in [0.3, 0.4) is 0 Å². The van der Waals surface area contributed by atoms with Crippen LogP contribution in [0.1, 0.15) is 17.8 Å². The number of alkyl halides is 1. The molecule has 0 aliphatic heterocycles. The van der Waals surface area contributed by atoms with E-state index >= 15 is 0 Å². The number of halogens is 2. The molecule has 1 aromatic heterocycles. The van der Waals surface area contributed by atoms with Crippen molar-refractivity contribution in [1.29, 1.82) is 0 Å². The van der Waals surface area contributed by atoms with Gasteiger partial charge in [-0.25, -0.2) is 4.98 Å². The van der Waals surface area contributed by atoms with Gasteiger partial charge in [-0.15, -0.1) is 11.6 Å². The number of nitrogens with zero attached hydrogens (tertiary/aromatic N) is 2. The topological polar surface area (TPSA) is 17.8 Å². The third kappa shape index (κ3) is 3.22. The van der Waals surface area contributed by atoms with Gasteiger partial charge in [-0.05, 0) is 30.2 Å². The van der Waals surface area contributed by atoms with Crippen LogP contribution in [0.25, 0.3) is 11.0 Å². The lowest BCUT2D eigenvalue weighted by Crippen LogP contribution is -2.05. The largest absolute Gasteiger partial charge is 0.328 e. The van der Waals surface area contributed by atoms with E-state index in [-0.39, 0.29) is 0 Å². The number of aryl methyl sites for hydroxylation is 1. The van der Waals surface area contributed by atoms with E-state index in [4.69, 9.17) is 28.2 Å². The van der Waals surface area contributed by atoms with Gasteiger partial charge in [-0.2, -0.15) is 0 Å². The lowest BCUT2D eigenvalue weighted by molar-refractivity contribution is 0.667. The Morgan fingerprint density at radius 3 is 2.62 bits per heavy atom. The molecule has 2 nitrogen and oxygen atoms in total. The smallest absolute Gasteiger partial charge is 0.114 e. The Balaban J connectivity index is 2.03. The lowest BCUT2D eigenvalue weighted by Gasteiger charge is -2.08. The van der Waals surface area contributed by atoms with Crippen molar-refractivity contribution >= 4 is 34.2 Å². The molecule has 0 aliphatic rings. The molecule has 0 amide bonds. The normalized spacial score (nSPS) is 11.1. The minimum Gasteiger partial charge on any atom is -0.328 e. The predicted molar refractivity (Wildman–Crippen MR) is 89.3 cm³/mol. The fourth-order valence-corrected chi connectivity index (χ4v) is 2.82. The molecule has 0 aliphatic carbocycles. The second-order valence-corrected chi connectivity index (χ2v) is 5.83. The Kier molecular flexibility index (Phi) is 4.47. The molecule has 0 radical (unpaired) electrons. The molecule has 0 bridgehead atoms. The fourth-order valence-electron chi connectivity index (χ4n) is 2.53. The summed E-state index contributed by atoms with van der Waals surface area (Å²) >= 11 is 11.9. The highest BCUT2D eigenvalue weighted by Gasteiger charge is 2.11. The van der Waals surface area contributed by atoms with Gasteiger partial charge in [0, 0.05) is 23.9 Å². The maximum atomic E-state index is 6.07. The number of aromatic nitrogens is 2. The molecular weight excluding hydrogens is 303 g/mol. The molecule has 0 fully saturated rings. The van der Waals surface area contributed by atoms with Gasteiger partial charge in [-0.3, -0.25) is 0 Å². The first kappa shape index (κ1) is 14.4. The van der Waals surface area contributed by atoms with E-state index in [9.17, 15) is 0 Å². The second-order valence-electron chi connectivity index (χ2n) is 5.02. The Morgan fingerprint density at radius 2 is 1.86 bits per heavy atom. The first-order valence-corrected chi connectivity index (χ1v) is 7.94. The van der Waals surface area contributed by atoms with Crippen LogP contribution in [0, 0.1) is 0 Å². The summed E-state index contributed by atoms with van der Waals surface area (Å²) in [5.41, 5.74) is 3.32.